The number of aliphatic hydroxyl groups is 1. The normalized spacial score (nSPS) is 30.3. The standard InChI is InChI=1S/C13H18BrNO2S/c14-13-4-3-10(18-13)6-11(16)12-7-15-5-1-2-9(15)8-17-12/h3-4,9,11-12,16H,1-2,5-8H2. The number of ether oxygens (including phenoxy) is 1. The topological polar surface area (TPSA) is 32.7 Å². The number of aliphatic hydroxyl groups excluding tert-OH is 1. The zero-order valence-electron chi connectivity index (χ0n) is 10.2. The maximum Gasteiger partial charge on any atom is 0.0964 e. The second kappa shape index (κ2) is 5.59. The van der Waals surface area contributed by atoms with E-state index < -0.39 is 6.10 Å². The molecule has 2 fully saturated rings. The molecule has 0 aromatic carbocycles. The van der Waals surface area contributed by atoms with E-state index in [0.29, 0.717) is 12.5 Å². The van der Waals surface area contributed by atoms with Crippen LogP contribution in [0, 0.1) is 0 Å². The summed E-state index contributed by atoms with van der Waals surface area (Å²) >= 11 is 5.14. The van der Waals surface area contributed by atoms with Crippen LogP contribution in [0.1, 0.15) is 17.7 Å². The third-order valence-electron chi connectivity index (χ3n) is 3.88. The van der Waals surface area contributed by atoms with Gasteiger partial charge in [0.25, 0.3) is 0 Å². The van der Waals surface area contributed by atoms with Gasteiger partial charge in [-0.25, -0.2) is 0 Å². The van der Waals surface area contributed by atoms with Gasteiger partial charge in [-0.3, -0.25) is 4.90 Å². The van der Waals surface area contributed by atoms with E-state index in [2.05, 4.69) is 26.9 Å². The van der Waals surface area contributed by atoms with E-state index in [0.717, 1.165) is 16.9 Å². The molecule has 3 atom stereocenters. The Bertz CT molecular complexity index is 411. The quantitative estimate of drug-likeness (QED) is 0.922. The number of nitrogens with zero attached hydrogens (tertiary/aromatic N) is 1. The molecule has 0 spiro atoms. The van der Waals surface area contributed by atoms with E-state index >= 15 is 0 Å². The monoisotopic (exact) mass is 331 g/mol. The first-order chi connectivity index (χ1) is 8.72. The van der Waals surface area contributed by atoms with Gasteiger partial charge in [0.05, 0.1) is 22.6 Å². The second-order valence-electron chi connectivity index (χ2n) is 5.14. The average Bonchev–Trinajstić information content (AvgIpc) is 2.96. The molecule has 100 valence electrons. The SMILES string of the molecule is OC(Cc1ccc(Br)s1)C1CN2CCCC2CO1. The summed E-state index contributed by atoms with van der Waals surface area (Å²) in [5.41, 5.74) is 0. The molecule has 18 heavy (non-hydrogen) atoms. The molecule has 2 aliphatic heterocycles. The zero-order chi connectivity index (χ0) is 12.5. The van der Waals surface area contributed by atoms with E-state index in [1.807, 2.05) is 6.07 Å². The van der Waals surface area contributed by atoms with Crippen LogP contribution in [0.25, 0.3) is 0 Å². The van der Waals surface area contributed by atoms with E-state index in [1.54, 1.807) is 11.3 Å². The number of thiophene rings is 1. The molecule has 0 saturated carbocycles. The molecule has 5 heteroatoms. The molecule has 3 nitrogen and oxygen atoms in total. The van der Waals surface area contributed by atoms with Crippen LogP contribution in [0.5, 0.6) is 0 Å². The summed E-state index contributed by atoms with van der Waals surface area (Å²) in [5.74, 6) is 0. The first-order valence-corrected chi connectivity index (χ1v) is 8.11. The van der Waals surface area contributed by atoms with Crippen molar-refractivity contribution in [3.63, 3.8) is 0 Å². The fraction of sp³-hybridized carbons (Fsp3) is 0.692. The van der Waals surface area contributed by atoms with Crippen LogP contribution in [0.2, 0.25) is 0 Å². The summed E-state index contributed by atoms with van der Waals surface area (Å²) in [5, 5.41) is 10.3. The zero-order valence-corrected chi connectivity index (χ0v) is 12.6. The summed E-state index contributed by atoms with van der Waals surface area (Å²) in [6.45, 7) is 2.84. The lowest BCUT2D eigenvalue weighted by Gasteiger charge is -2.37. The van der Waals surface area contributed by atoms with Crippen molar-refractivity contribution in [1.82, 2.24) is 4.90 Å². The third kappa shape index (κ3) is 2.80. The average molecular weight is 332 g/mol. The highest BCUT2D eigenvalue weighted by atomic mass is 79.9. The lowest BCUT2D eigenvalue weighted by molar-refractivity contribution is -0.101. The van der Waals surface area contributed by atoms with Crippen LogP contribution in [0.3, 0.4) is 0 Å². The molecule has 3 heterocycles. The van der Waals surface area contributed by atoms with Gasteiger partial charge >= 0.3 is 0 Å². The van der Waals surface area contributed by atoms with Crippen molar-refractivity contribution in [3.05, 3.63) is 20.8 Å². The van der Waals surface area contributed by atoms with Crippen LogP contribution < -0.4 is 0 Å². The highest BCUT2D eigenvalue weighted by Gasteiger charge is 2.35. The van der Waals surface area contributed by atoms with Crippen molar-refractivity contribution < 1.29 is 9.84 Å². The van der Waals surface area contributed by atoms with Crippen LogP contribution in [-0.2, 0) is 11.2 Å². The van der Waals surface area contributed by atoms with Gasteiger partial charge in [-0.05, 0) is 47.4 Å². The minimum Gasteiger partial charge on any atom is -0.390 e. The van der Waals surface area contributed by atoms with Crippen molar-refractivity contribution in [3.8, 4) is 0 Å². The van der Waals surface area contributed by atoms with Gasteiger partial charge in [0.15, 0.2) is 0 Å². The Labute approximate surface area is 120 Å². The first kappa shape index (κ1) is 13.1. The van der Waals surface area contributed by atoms with E-state index in [1.165, 1.54) is 24.3 Å². The molecular formula is C13H18BrNO2S. The smallest absolute Gasteiger partial charge is 0.0964 e. The molecule has 0 radical (unpaired) electrons. The molecule has 1 aromatic rings. The molecule has 0 bridgehead atoms. The Morgan fingerprint density at radius 3 is 3.22 bits per heavy atom. The van der Waals surface area contributed by atoms with Gasteiger partial charge in [0, 0.05) is 23.9 Å². The number of fused-ring (bicyclic) bond motifs is 1. The van der Waals surface area contributed by atoms with Gasteiger partial charge in [-0.15, -0.1) is 11.3 Å². The largest absolute Gasteiger partial charge is 0.390 e. The molecule has 2 saturated heterocycles. The molecule has 1 N–H and O–H groups in total. The Hall–Kier alpha value is 0.0600. The van der Waals surface area contributed by atoms with E-state index in [4.69, 9.17) is 4.74 Å². The van der Waals surface area contributed by atoms with Gasteiger partial charge in [0.2, 0.25) is 0 Å². The first-order valence-electron chi connectivity index (χ1n) is 6.50. The predicted molar refractivity (Wildman–Crippen MR) is 76.1 cm³/mol. The maximum absolute atomic E-state index is 10.3. The van der Waals surface area contributed by atoms with Crippen molar-refractivity contribution in [2.45, 2.75) is 37.5 Å². The molecule has 3 rings (SSSR count). The van der Waals surface area contributed by atoms with E-state index in [-0.39, 0.29) is 6.10 Å². The summed E-state index contributed by atoms with van der Waals surface area (Å²) in [6, 6.07) is 4.70. The summed E-state index contributed by atoms with van der Waals surface area (Å²) in [7, 11) is 0. The fourth-order valence-corrected chi connectivity index (χ4v) is 4.41. The van der Waals surface area contributed by atoms with Crippen LogP contribution in [0.15, 0.2) is 15.9 Å². The molecular weight excluding hydrogens is 314 g/mol. The number of hydrogen-bond donors (Lipinski definition) is 1. The van der Waals surface area contributed by atoms with Gasteiger partial charge in [-0.1, -0.05) is 0 Å². The Balaban J connectivity index is 1.57. The predicted octanol–water partition coefficient (Wildman–Crippen LogP) is 2.28. The lowest BCUT2D eigenvalue weighted by Crippen LogP contribution is -2.50. The minimum atomic E-state index is -0.392. The van der Waals surface area contributed by atoms with Crippen molar-refractivity contribution in [2.24, 2.45) is 0 Å². The Morgan fingerprint density at radius 2 is 2.44 bits per heavy atom. The Morgan fingerprint density at radius 1 is 1.56 bits per heavy atom. The Kier molecular flexibility index (Phi) is 4.06. The lowest BCUT2D eigenvalue weighted by atomic mass is 10.1. The highest BCUT2D eigenvalue weighted by molar-refractivity contribution is 9.11. The van der Waals surface area contributed by atoms with Gasteiger partial charge in [-0.2, -0.15) is 0 Å². The fourth-order valence-electron chi connectivity index (χ4n) is 2.87. The summed E-state index contributed by atoms with van der Waals surface area (Å²) < 4.78 is 6.95. The highest BCUT2D eigenvalue weighted by Crippen LogP contribution is 2.27. The van der Waals surface area contributed by atoms with Crippen molar-refractivity contribution in [1.29, 1.82) is 0 Å². The van der Waals surface area contributed by atoms with Crippen molar-refractivity contribution in [2.75, 3.05) is 19.7 Å². The van der Waals surface area contributed by atoms with Gasteiger partial charge in [0.1, 0.15) is 0 Å². The summed E-state index contributed by atoms with van der Waals surface area (Å²) in [6.07, 6.45) is 2.80. The second-order valence-corrected chi connectivity index (χ2v) is 7.69. The summed E-state index contributed by atoms with van der Waals surface area (Å²) in [4.78, 5) is 3.68. The maximum atomic E-state index is 10.3. The molecule has 0 aliphatic carbocycles. The van der Waals surface area contributed by atoms with Crippen LogP contribution >= 0.6 is 27.3 Å². The number of rotatable bonds is 3. The van der Waals surface area contributed by atoms with E-state index in [9.17, 15) is 5.11 Å². The van der Waals surface area contributed by atoms with Gasteiger partial charge < -0.3 is 9.84 Å². The number of morpholine rings is 1. The third-order valence-corrected chi connectivity index (χ3v) is 5.53. The van der Waals surface area contributed by atoms with Crippen LogP contribution in [-0.4, -0.2) is 48.0 Å². The number of hydrogen-bond acceptors (Lipinski definition) is 4. The van der Waals surface area contributed by atoms with Crippen LogP contribution in [0.4, 0.5) is 0 Å². The molecule has 2 aliphatic rings. The minimum absolute atomic E-state index is 0.0276. The molecule has 0 amide bonds. The molecule has 3 unspecified atom stereocenters. The molecule has 1 aromatic heterocycles. The number of halogens is 1. The van der Waals surface area contributed by atoms with Crippen molar-refractivity contribution >= 4 is 27.3 Å².